The summed E-state index contributed by atoms with van der Waals surface area (Å²) in [6.07, 6.45) is 2.68. The van der Waals surface area contributed by atoms with Crippen molar-refractivity contribution in [2.75, 3.05) is 39.1 Å². The highest BCUT2D eigenvalue weighted by Crippen LogP contribution is 2.41. The average molecular weight is 457 g/mol. The molecule has 0 aliphatic heterocycles. The summed E-state index contributed by atoms with van der Waals surface area (Å²) in [5, 5.41) is 3.01. The Morgan fingerprint density at radius 1 is 1.33 bits per heavy atom. The first-order valence-electron chi connectivity index (χ1n) is 9.57. The topological polar surface area (TPSA) is 101 Å². The Morgan fingerprint density at radius 3 is 2.77 bits per heavy atom. The Balaban J connectivity index is 1.59. The van der Waals surface area contributed by atoms with Gasteiger partial charge in [-0.3, -0.25) is 10.1 Å². The van der Waals surface area contributed by atoms with Crippen molar-refractivity contribution in [1.82, 2.24) is 14.6 Å². The van der Waals surface area contributed by atoms with E-state index in [1.54, 1.807) is 12.1 Å². The molecular formula is C19H25FN4O4S2. The van der Waals surface area contributed by atoms with Crippen LogP contribution in [-0.2, 0) is 25.7 Å². The number of likely N-dealkylation sites (N-methyl/N-ethyl adjacent to an activating group) is 1. The van der Waals surface area contributed by atoms with Crippen LogP contribution in [0.4, 0.5) is 9.52 Å². The third-order valence-electron chi connectivity index (χ3n) is 4.65. The van der Waals surface area contributed by atoms with Gasteiger partial charge in [-0.25, -0.2) is 13.6 Å². The molecule has 0 spiro atoms. The number of aromatic nitrogens is 1. The monoisotopic (exact) mass is 456 g/mol. The fourth-order valence-electron chi connectivity index (χ4n) is 3.21. The number of hydrogen-bond acceptors (Lipinski definition) is 7. The highest BCUT2D eigenvalue weighted by atomic mass is 32.2. The molecule has 1 heterocycles. The van der Waals surface area contributed by atoms with E-state index in [0.29, 0.717) is 11.7 Å². The number of benzene rings is 1. The molecule has 1 amide bonds. The fraction of sp³-hybridized carbons (Fsp3) is 0.474. The second-order valence-corrected chi connectivity index (χ2v) is 9.75. The smallest absolute Gasteiger partial charge is 0.308 e. The summed E-state index contributed by atoms with van der Waals surface area (Å²) in [6.45, 7) is 0.0541. The minimum absolute atomic E-state index is 0.107. The van der Waals surface area contributed by atoms with Crippen LogP contribution in [0.15, 0.2) is 24.3 Å². The molecule has 3 rings (SSSR count). The van der Waals surface area contributed by atoms with Crippen molar-refractivity contribution >= 4 is 32.7 Å². The van der Waals surface area contributed by atoms with Gasteiger partial charge in [-0.2, -0.15) is 13.1 Å². The van der Waals surface area contributed by atoms with Gasteiger partial charge in [0.1, 0.15) is 12.4 Å². The maximum absolute atomic E-state index is 13.2. The first kappa shape index (κ1) is 22.8. The Hall–Kier alpha value is -1.92. The van der Waals surface area contributed by atoms with Gasteiger partial charge in [-0.1, -0.05) is 12.1 Å². The van der Waals surface area contributed by atoms with E-state index in [1.807, 2.05) is 19.0 Å². The summed E-state index contributed by atoms with van der Waals surface area (Å²) >= 11 is 1.36. The molecule has 1 aliphatic rings. The highest BCUT2D eigenvalue weighted by molar-refractivity contribution is 7.84. The lowest BCUT2D eigenvalue weighted by atomic mass is 9.86. The van der Waals surface area contributed by atoms with Gasteiger partial charge >= 0.3 is 10.3 Å². The van der Waals surface area contributed by atoms with E-state index in [-0.39, 0.29) is 18.3 Å². The third-order valence-corrected chi connectivity index (χ3v) is 6.76. The van der Waals surface area contributed by atoms with E-state index in [1.165, 1.54) is 23.5 Å². The van der Waals surface area contributed by atoms with Crippen molar-refractivity contribution < 1.29 is 21.8 Å². The van der Waals surface area contributed by atoms with Gasteiger partial charge in [0.05, 0.1) is 5.69 Å². The number of halogens is 1. The Bertz CT molecular complexity index is 977. The average Bonchev–Trinajstić information content (AvgIpc) is 3.09. The predicted molar refractivity (Wildman–Crippen MR) is 113 cm³/mol. The van der Waals surface area contributed by atoms with Crippen LogP contribution < -0.4 is 10.0 Å². The van der Waals surface area contributed by atoms with Crippen LogP contribution in [-0.4, -0.2) is 58.0 Å². The van der Waals surface area contributed by atoms with Crippen LogP contribution in [0.1, 0.15) is 34.9 Å². The number of rotatable bonds is 9. The standard InChI is InChI=1S/C19H25FN4O4S2/c1-24(2)11-10-21-30(26,27)28-12-17(25)23-19-22-16-5-3-4-15(18(16)29-19)13-6-8-14(20)9-7-13/h6-9,15,21H,3-5,10-12H2,1-2H3,(H,22,23,25)/t15-/m0/s1. The molecule has 30 heavy (non-hydrogen) atoms. The molecule has 1 aromatic heterocycles. The molecule has 0 bridgehead atoms. The minimum Gasteiger partial charge on any atom is -0.308 e. The van der Waals surface area contributed by atoms with Crippen LogP contribution in [0.3, 0.4) is 0 Å². The quantitative estimate of drug-likeness (QED) is 0.599. The second-order valence-electron chi connectivity index (χ2n) is 7.29. The summed E-state index contributed by atoms with van der Waals surface area (Å²) < 4.78 is 43.8. The molecule has 164 valence electrons. The first-order chi connectivity index (χ1) is 14.2. The van der Waals surface area contributed by atoms with Crippen LogP contribution in [0.5, 0.6) is 0 Å². The lowest BCUT2D eigenvalue weighted by molar-refractivity contribution is -0.118. The van der Waals surface area contributed by atoms with Gasteiger partial charge in [0.2, 0.25) is 0 Å². The zero-order chi connectivity index (χ0) is 21.7. The summed E-state index contributed by atoms with van der Waals surface area (Å²) in [6, 6.07) is 6.43. The van der Waals surface area contributed by atoms with Crippen LogP contribution in [0, 0.1) is 5.82 Å². The van der Waals surface area contributed by atoms with E-state index >= 15 is 0 Å². The number of nitrogens with one attached hydrogen (secondary N) is 2. The molecule has 0 radical (unpaired) electrons. The molecule has 0 fully saturated rings. The van der Waals surface area contributed by atoms with E-state index in [0.717, 1.165) is 35.4 Å². The van der Waals surface area contributed by atoms with Gasteiger partial charge in [0, 0.05) is 23.9 Å². The van der Waals surface area contributed by atoms with Crippen molar-refractivity contribution in [2.45, 2.75) is 25.2 Å². The largest absolute Gasteiger partial charge is 0.336 e. The molecule has 1 aliphatic carbocycles. The third kappa shape index (κ3) is 6.29. The molecule has 1 aromatic carbocycles. The number of fused-ring (bicyclic) bond motifs is 1. The zero-order valence-electron chi connectivity index (χ0n) is 16.9. The number of anilines is 1. The Kier molecular flexibility index (Phi) is 7.53. The number of carbonyl (C=O) groups excluding carboxylic acids is 1. The predicted octanol–water partition coefficient (Wildman–Crippen LogP) is 2.10. The summed E-state index contributed by atoms with van der Waals surface area (Å²) in [5.41, 5.74) is 1.92. The summed E-state index contributed by atoms with van der Waals surface area (Å²) in [5.74, 6) is -0.773. The van der Waals surface area contributed by atoms with Crippen LogP contribution in [0.25, 0.3) is 0 Å². The van der Waals surface area contributed by atoms with E-state index in [9.17, 15) is 17.6 Å². The summed E-state index contributed by atoms with van der Waals surface area (Å²) in [7, 11) is -0.368. The first-order valence-corrected chi connectivity index (χ1v) is 11.8. The molecule has 0 saturated carbocycles. The lowest BCUT2D eigenvalue weighted by Crippen LogP contribution is -2.34. The molecule has 2 aromatic rings. The van der Waals surface area contributed by atoms with Gasteiger partial charge < -0.3 is 4.90 Å². The fourth-order valence-corrected chi connectivity index (χ4v) is 5.09. The highest BCUT2D eigenvalue weighted by Gasteiger charge is 2.26. The van der Waals surface area contributed by atoms with Crippen molar-refractivity contribution in [1.29, 1.82) is 0 Å². The molecule has 11 heteroatoms. The van der Waals surface area contributed by atoms with Crippen molar-refractivity contribution in [3.63, 3.8) is 0 Å². The molecular weight excluding hydrogens is 431 g/mol. The number of nitrogens with zero attached hydrogens (tertiary/aromatic N) is 2. The second kappa shape index (κ2) is 9.92. The Morgan fingerprint density at radius 2 is 2.07 bits per heavy atom. The van der Waals surface area contributed by atoms with Gasteiger partial charge in [-0.05, 0) is 51.1 Å². The lowest BCUT2D eigenvalue weighted by Gasteiger charge is -2.21. The normalized spacial score (nSPS) is 16.5. The molecule has 0 unspecified atom stereocenters. The molecule has 8 nitrogen and oxygen atoms in total. The summed E-state index contributed by atoms with van der Waals surface area (Å²) in [4.78, 5) is 19.5. The maximum Gasteiger partial charge on any atom is 0.336 e. The van der Waals surface area contributed by atoms with Crippen LogP contribution >= 0.6 is 11.3 Å². The minimum atomic E-state index is -4.00. The molecule has 1 atom stereocenters. The van der Waals surface area contributed by atoms with E-state index in [2.05, 4.69) is 15.0 Å². The van der Waals surface area contributed by atoms with Crippen molar-refractivity contribution in [3.05, 3.63) is 46.2 Å². The zero-order valence-corrected chi connectivity index (χ0v) is 18.5. The van der Waals surface area contributed by atoms with Crippen molar-refractivity contribution in [2.24, 2.45) is 0 Å². The molecule has 0 saturated heterocycles. The van der Waals surface area contributed by atoms with E-state index < -0.39 is 22.8 Å². The maximum atomic E-state index is 13.2. The SMILES string of the molecule is CN(C)CCNS(=O)(=O)OCC(=O)Nc1nc2c(s1)[C@H](c1ccc(F)cc1)CCC2. The van der Waals surface area contributed by atoms with Crippen LogP contribution in [0.2, 0.25) is 0 Å². The van der Waals surface area contributed by atoms with Crippen molar-refractivity contribution in [3.8, 4) is 0 Å². The van der Waals surface area contributed by atoms with Gasteiger partial charge in [-0.15, -0.1) is 11.3 Å². The molecule has 2 N–H and O–H groups in total. The number of thiazole rings is 1. The Labute approximate surface area is 179 Å². The number of aryl methyl sites for hydroxylation is 1. The number of carbonyl (C=O) groups is 1. The number of hydrogen-bond donors (Lipinski definition) is 2. The van der Waals surface area contributed by atoms with E-state index in [4.69, 9.17) is 4.18 Å². The van der Waals surface area contributed by atoms with Gasteiger partial charge in [0.25, 0.3) is 5.91 Å². The van der Waals surface area contributed by atoms with Gasteiger partial charge in [0.15, 0.2) is 5.13 Å². The number of amides is 1.